The van der Waals surface area contributed by atoms with Gasteiger partial charge in [-0.2, -0.15) is 0 Å². The molecule has 1 heterocycles. The largest absolute Gasteiger partial charge is 0.490 e. The molecule has 162 valence electrons. The Kier molecular flexibility index (Phi) is 6.78. The Labute approximate surface area is 181 Å². The smallest absolute Gasteiger partial charge is 0.229 e. The molecule has 1 aromatic carbocycles. The van der Waals surface area contributed by atoms with Crippen LogP contribution in [0.15, 0.2) is 35.2 Å². The van der Waals surface area contributed by atoms with E-state index < -0.39 is 0 Å². The number of hydrogen-bond donors (Lipinski definition) is 2. The van der Waals surface area contributed by atoms with Crippen LogP contribution in [0.3, 0.4) is 0 Å². The van der Waals surface area contributed by atoms with E-state index in [1.165, 1.54) is 30.9 Å². The zero-order chi connectivity index (χ0) is 21.0. The summed E-state index contributed by atoms with van der Waals surface area (Å²) in [7, 11) is 0. The first-order chi connectivity index (χ1) is 14.5. The molecule has 0 aromatic heterocycles. The van der Waals surface area contributed by atoms with Crippen LogP contribution < -0.4 is 14.8 Å². The van der Waals surface area contributed by atoms with Crippen LogP contribution in [0.2, 0.25) is 0 Å². The van der Waals surface area contributed by atoms with Gasteiger partial charge >= 0.3 is 0 Å². The molecular weight excluding hydrogens is 403 g/mol. The van der Waals surface area contributed by atoms with Crippen molar-refractivity contribution >= 4 is 23.8 Å². The minimum absolute atomic E-state index is 0.00270. The van der Waals surface area contributed by atoms with Gasteiger partial charge in [0.15, 0.2) is 11.6 Å². The molecule has 7 heteroatoms. The second-order valence-corrected chi connectivity index (χ2v) is 9.57. The molecule has 2 amide bonds. The van der Waals surface area contributed by atoms with Crippen LogP contribution in [-0.4, -0.2) is 24.0 Å². The molecule has 0 radical (unpaired) electrons. The van der Waals surface area contributed by atoms with Crippen molar-refractivity contribution in [3.63, 3.8) is 0 Å². The van der Waals surface area contributed by atoms with Crippen LogP contribution >= 0.6 is 11.9 Å². The van der Waals surface area contributed by atoms with E-state index in [4.69, 9.17) is 4.74 Å². The van der Waals surface area contributed by atoms with E-state index in [-0.39, 0.29) is 29.1 Å². The summed E-state index contributed by atoms with van der Waals surface area (Å²) in [6.45, 7) is 0.601. The molecule has 1 aromatic rings. The molecule has 1 saturated heterocycles. The number of carbonyl (C=O) groups excluding carboxylic acids is 2. The minimum Gasteiger partial charge on any atom is -0.490 e. The van der Waals surface area contributed by atoms with Gasteiger partial charge in [-0.05, 0) is 87.4 Å². The van der Waals surface area contributed by atoms with Gasteiger partial charge in [-0.15, -0.1) is 0 Å². The molecule has 3 aliphatic rings. The van der Waals surface area contributed by atoms with Gasteiger partial charge in [0.1, 0.15) is 0 Å². The number of piperidine rings is 1. The first-order valence-corrected chi connectivity index (χ1v) is 11.7. The third kappa shape index (κ3) is 6.08. The summed E-state index contributed by atoms with van der Waals surface area (Å²) in [6.07, 6.45) is 12.7. The van der Waals surface area contributed by atoms with Gasteiger partial charge in [0, 0.05) is 22.8 Å². The summed E-state index contributed by atoms with van der Waals surface area (Å²) in [6, 6.07) is 5.02. The van der Waals surface area contributed by atoms with Gasteiger partial charge in [0.05, 0.1) is 6.61 Å². The minimum atomic E-state index is -0.308. The fraction of sp³-hybridized carbons (Fsp3) is 0.565. The van der Waals surface area contributed by atoms with E-state index in [1.807, 2.05) is 0 Å². The number of imide groups is 1. The molecule has 1 atom stereocenters. The Morgan fingerprint density at radius 2 is 2.10 bits per heavy atom. The maximum atomic E-state index is 13.9. The monoisotopic (exact) mass is 432 g/mol. The fourth-order valence-corrected chi connectivity index (χ4v) is 4.45. The lowest BCUT2D eigenvalue weighted by Crippen LogP contribution is -2.40. The van der Waals surface area contributed by atoms with Crippen molar-refractivity contribution in [1.82, 2.24) is 10.0 Å². The highest BCUT2D eigenvalue weighted by Crippen LogP contribution is 2.40. The van der Waals surface area contributed by atoms with E-state index >= 15 is 0 Å². The standard InChI is InChI=1S/C23H29FN2O3S/c24-19-9-8-18(14-20(19)29-15-16-5-6-16)30-26-23(12-13-23)11-3-1-2-4-17-7-10-21(27)25-22(17)28/h3,8-9,11,14,16-17,26H,1-2,4-7,10,12-13,15H2,(H,25,27,28)/b11-3+. The molecule has 1 aliphatic heterocycles. The zero-order valence-electron chi connectivity index (χ0n) is 17.1. The Morgan fingerprint density at radius 1 is 1.27 bits per heavy atom. The van der Waals surface area contributed by atoms with Crippen LogP contribution in [0, 0.1) is 17.7 Å². The predicted octanol–water partition coefficient (Wildman–Crippen LogP) is 4.52. The number of benzene rings is 1. The summed E-state index contributed by atoms with van der Waals surface area (Å²) in [5.74, 6) is 0.313. The van der Waals surface area contributed by atoms with Crippen molar-refractivity contribution in [2.24, 2.45) is 11.8 Å². The van der Waals surface area contributed by atoms with Crippen LogP contribution in [0.1, 0.15) is 57.8 Å². The van der Waals surface area contributed by atoms with E-state index in [0.717, 1.165) is 37.0 Å². The topological polar surface area (TPSA) is 67.4 Å². The van der Waals surface area contributed by atoms with Crippen LogP contribution in [0.5, 0.6) is 5.75 Å². The maximum Gasteiger partial charge on any atom is 0.229 e. The quantitative estimate of drug-likeness (QED) is 0.233. The van der Waals surface area contributed by atoms with Gasteiger partial charge in [0.25, 0.3) is 0 Å². The Hall–Kier alpha value is -1.86. The molecule has 0 spiro atoms. The number of nitrogens with one attached hydrogen (secondary N) is 2. The van der Waals surface area contributed by atoms with Crippen molar-refractivity contribution in [3.05, 3.63) is 36.2 Å². The number of hydrogen-bond acceptors (Lipinski definition) is 5. The molecular formula is C23H29FN2O3S. The van der Waals surface area contributed by atoms with Crippen LogP contribution in [0.4, 0.5) is 4.39 Å². The highest BCUT2D eigenvalue weighted by molar-refractivity contribution is 7.97. The molecule has 4 rings (SSSR count). The summed E-state index contributed by atoms with van der Waals surface area (Å²) < 4.78 is 23.1. The lowest BCUT2D eigenvalue weighted by atomic mass is 9.93. The molecule has 3 fully saturated rings. The van der Waals surface area contributed by atoms with E-state index in [1.54, 1.807) is 12.1 Å². The molecule has 2 saturated carbocycles. The van der Waals surface area contributed by atoms with Gasteiger partial charge < -0.3 is 4.74 Å². The lowest BCUT2D eigenvalue weighted by molar-refractivity contribution is -0.136. The Morgan fingerprint density at radius 3 is 2.83 bits per heavy atom. The van der Waals surface area contributed by atoms with Crippen molar-refractivity contribution in [2.75, 3.05) is 6.61 Å². The van der Waals surface area contributed by atoms with E-state index in [9.17, 15) is 14.0 Å². The van der Waals surface area contributed by atoms with E-state index in [2.05, 4.69) is 22.2 Å². The predicted molar refractivity (Wildman–Crippen MR) is 114 cm³/mol. The molecule has 1 unspecified atom stereocenters. The number of carbonyl (C=O) groups is 2. The summed E-state index contributed by atoms with van der Waals surface area (Å²) in [5.41, 5.74) is 0.00270. The number of halogens is 1. The summed E-state index contributed by atoms with van der Waals surface area (Å²) in [4.78, 5) is 23.9. The molecule has 5 nitrogen and oxygen atoms in total. The first-order valence-electron chi connectivity index (χ1n) is 10.9. The van der Waals surface area contributed by atoms with Crippen LogP contribution in [0.25, 0.3) is 0 Å². The molecule has 30 heavy (non-hydrogen) atoms. The van der Waals surface area contributed by atoms with E-state index in [0.29, 0.717) is 31.1 Å². The molecule has 2 aliphatic carbocycles. The molecule has 2 N–H and O–H groups in total. The average Bonchev–Trinajstić information content (AvgIpc) is 3.64. The van der Waals surface area contributed by atoms with Gasteiger partial charge in [-0.25, -0.2) is 9.11 Å². The second kappa shape index (κ2) is 9.52. The number of allylic oxidation sites excluding steroid dienone is 1. The summed E-state index contributed by atoms with van der Waals surface area (Å²) in [5, 5.41) is 2.42. The highest BCUT2D eigenvalue weighted by Gasteiger charge is 2.40. The van der Waals surface area contributed by atoms with Crippen molar-refractivity contribution in [3.8, 4) is 5.75 Å². The van der Waals surface area contributed by atoms with Crippen molar-refractivity contribution in [2.45, 2.75) is 68.2 Å². The normalized spacial score (nSPS) is 22.9. The van der Waals surface area contributed by atoms with Gasteiger partial charge in [-0.1, -0.05) is 12.2 Å². The number of ether oxygens (including phenoxy) is 1. The number of amides is 2. The third-order valence-corrected chi connectivity index (χ3v) is 6.95. The average molecular weight is 433 g/mol. The van der Waals surface area contributed by atoms with Gasteiger partial charge in [-0.3, -0.25) is 14.9 Å². The van der Waals surface area contributed by atoms with Crippen molar-refractivity contribution in [1.29, 1.82) is 0 Å². The number of unbranched alkanes of at least 4 members (excludes halogenated alkanes) is 1. The SMILES string of the molecule is O=C1CCC(CCC/C=C/C2(NSc3ccc(F)c(OCC4CC4)c3)CC2)C(=O)N1. The summed E-state index contributed by atoms with van der Waals surface area (Å²) >= 11 is 1.52. The maximum absolute atomic E-state index is 13.9. The fourth-order valence-electron chi connectivity index (χ4n) is 3.55. The Bertz CT molecular complexity index is 821. The Balaban J connectivity index is 1.19. The second-order valence-electron chi connectivity index (χ2n) is 8.69. The van der Waals surface area contributed by atoms with Gasteiger partial charge in [0.2, 0.25) is 11.8 Å². The zero-order valence-corrected chi connectivity index (χ0v) is 17.9. The van der Waals surface area contributed by atoms with Crippen molar-refractivity contribution < 1.29 is 18.7 Å². The molecule has 0 bridgehead atoms. The number of rotatable bonds is 11. The third-order valence-electron chi connectivity index (χ3n) is 5.95. The first kappa shape index (κ1) is 21.4. The highest BCUT2D eigenvalue weighted by atomic mass is 32.2. The lowest BCUT2D eigenvalue weighted by Gasteiger charge is -2.20. The van der Waals surface area contributed by atoms with Crippen LogP contribution in [-0.2, 0) is 9.59 Å².